The maximum atomic E-state index is 13.3. The van der Waals surface area contributed by atoms with E-state index in [1.54, 1.807) is 6.07 Å². The van der Waals surface area contributed by atoms with E-state index < -0.39 is 24.9 Å². The normalized spacial score (nSPS) is 12.8. The van der Waals surface area contributed by atoms with Crippen molar-refractivity contribution in [3.05, 3.63) is 29.6 Å². The summed E-state index contributed by atoms with van der Waals surface area (Å²) in [4.78, 5) is 0. The van der Waals surface area contributed by atoms with Gasteiger partial charge in [-0.15, -0.1) is 0 Å². The van der Waals surface area contributed by atoms with Gasteiger partial charge in [0.2, 0.25) is 0 Å². The van der Waals surface area contributed by atoms with E-state index in [4.69, 9.17) is 10.5 Å². The van der Waals surface area contributed by atoms with Crippen LogP contribution in [0.15, 0.2) is 18.2 Å². The van der Waals surface area contributed by atoms with Crippen molar-refractivity contribution >= 4 is 0 Å². The van der Waals surface area contributed by atoms with Gasteiger partial charge < -0.3 is 15.2 Å². The molecular weight excluding hydrogens is 235 g/mol. The first-order chi connectivity index (χ1) is 8.04. The van der Waals surface area contributed by atoms with Crippen molar-refractivity contribution in [3.8, 4) is 5.75 Å². The minimum atomic E-state index is -2.53. The third-order valence-corrected chi connectivity index (χ3v) is 2.15. The first-order valence-corrected chi connectivity index (χ1v) is 4.99. The van der Waals surface area contributed by atoms with Gasteiger partial charge in [-0.2, -0.15) is 0 Å². The summed E-state index contributed by atoms with van der Waals surface area (Å²) in [6, 6.07) is 3.56. The summed E-state index contributed by atoms with van der Waals surface area (Å²) >= 11 is 0. The number of hydrogen-bond donors (Lipinski definition) is 1. The third kappa shape index (κ3) is 4.24. The van der Waals surface area contributed by atoms with Crippen LogP contribution in [0.2, 0.25) is 0 Å². The minimum Gasteiger partial charge on any atom is -0.494 e. The SMILES string of the molecule is COc1ccc(C(N)COCC(F)F)cc1F. The fraction of sp³-hybridized carbons (Fsp3) is 0.455. The number of rotatable bonds is 6. The summed E-state index contributed by atoms with van der Waals surface area (Å²) in [6.45, 7) is -0.761. The van der Waals surface area contributed by atoms with Crippen LogP contribution in [-0.4, -0.2) is 26.7 Å². The highest BCUT2D eigenvalue weighted by molar-refractivity contribution is 5.30. The molecule has 96 valence electrons. The minimum absolute atomic E-state index is 0.0872. The fourth-order valence-corrected chi connectivity index (χ4v) is 1.29. The predicted molar refractivity (Wildman–Crippen MR) is 56.7 cm³/mol. The quantitative estimate of drug-likeness (QED) is 0.839. The second kappa shape index (κ2) is 6.46. The number of nitrogens with two attached hydrogens (primary N) is 1. The van der Waals surface area contributed by atoms with Crippen LogP contribution in [-0.2, 0) is 4.74 Å². The smallest absolute Gasteiger partial charge is 0.261 e. The molecule has 6 heteroatoms. The Balaban J connectivity index is 2.57. The Kier molecular flexibility index (Phi) is 5.24. The van der Waals surface area contributed by atoms with Crippen molar-refractivity contribution in [2.75, 3.05) is 20.3 Å². The second-order valence-electron chi connectivity index (χ2n) is 3.43. The molecule has 17 heavy (non-hydrogen) atoms. The maximum absolute atomic E-state index is 13.3. The van der Waals surface area contributed by atoms with Crippen molar-refractivity contribution < 1.29 is 22.6 Å². The van der Waals surface area contributed by atoms with E-state index in [1.807, 2.05) is 0 Å². The van der Waals surface area contributed by atoms with Crippen molar-refractivity contribution in [2.24, 2.45) is 5.73 Å². The summed E-state index contributed by atoms with van der Waals surface area (Å²) in [5, 5.41) is 0. The lowest BCUT2D eigenvalue weighted by atomic mass is 10.1. The molecule has 3 nitrogen and oxygen atoms in total. The lowest BCUT2D eigenvalue weighted by Gasteiger charge is -2.13. The van der Waals surface area contributed by atoms with E-state index >= 15 is 0 Å². The first-order valence-electron chi connectivity index (χ1n) is 4.99. The van der Waals surface area contributed by atoms with Crippen LogP contribution >= 0.6 is 0 Å². The number of alkyl halides is 2. The zero-order chi connectivity index (χ0) is 12.8. The van der Waals surface area contributed by atoms with Gasteiger partial charge in [-0.1, -0.05) is 6.07 Å². The number of ether oxygens (including phenoxy) is 2. The average molecular weight is 249 g/mol. The van der Waals surface area contributed by atoms with Gasteiger partial charge in [0.05, 0.1) is 19.8 Å². The molecular formula is C11H14F3NO2. The van der Waals surface area contributed by atoms with E-state index in [9.17, 15) is 13.2 Å². The number of methoxy groups -OCH3 is 1. The lowest BCUT2D eigenvalue weighted by molar-refractivity contribution is 0.0125. The molecule has 0 radical (unpaired) electrons. The molecule has 0 saturated heterocycles. The number of hydrogen-bond acceptors (Lipinski definition) is 3. The predicted octanol–water partition coefficient (Wildman–Crippen LogP) is 2.12. The van der Waals surface area contributed by atoms with Crippen molar-refractivity contribution in [2.45, 2.75) is 12.5 Å². The molecule has 0 aromatic heterocycles. The Hall–Kier alpha value is -1.27. The highest BCUT2D eigenvalue weighted by Crippen LogP contribution is 2.21. The van der Waals surface area contributed by atoms with E-state index in [0.29, 0.717) is 5.56 Å². The van der Waals surface area contributed by atoms with Crippen LogP contribution in [0.5, 0.6) is 5.75 Å². The van der Waals surface area contributed by atoms with Gasteiger partial charge in [0, 0.05) is 0 Å². The van der Waals surface area contributed by atoms with Gasteiger partial charge in [-0.25, -0.2) is 13.2 Å². The molecule has 1 aromatic carbocycles. The van der Waals surface area contributed by atoms with Crippen molar-refractivity contribution in [3.63, 3.8) is 0 Å². The monoisotopic (exact) mass is 249 g/mol. The molecule has 0 aliphatic heterocycles. The molecule has 0 bridgehead atoms. The first kappa shape index (κ1) is 13.8. The van der Waals surface area contributed by atoms with Crippen LogP contribution in [0.1, 0.15) is 11.6 Å². The van der Waals surface area contributed by atoms with Crippen molar-refractivity contribution in [1.29, 1.82) is 0 Å². The van der Waals surface area contributed by atoms with E-state index in [-0.39, 0.29) is 12.4 Å². The van der Waals surface area contributed by atoms with Crippen LogP contribution in [0.25, 0.3) is 0 Å². The third-order valence-electron chi connectivity index (χ3n) is 2.15. The van der Waals surface area contributed by atoms with Gasteiger partial charge in [0.1, 0.15) is 6.61 Å². The molecule has 0 saturated carbocycles. The Morgan fingerprint density at radius 2 is 2.00 bits per heavy atom. The summed E-state index contributed by atoms with van der Waals surface area (Å²) in [5.74, 6) is -0.441. The standard InChI is InChI=1S/C11H14F3NO2/c1-16-10-3-2-7(4-8(10)12)9(15)5-17-6-11(13)14/h2-4,9,11H,5-6,15H2,1H3. The lowest BCUT2D eigenvalue weighted by Crippen LogP contribution is -2.19. The maximum Gasteiger partial charge on any atom is 0.261 e. The number of halogens is 3. The Morgan fingerprint density at radius 1 is 1.29 bits per heavy atom. The van der Waals surface area contributed by atoms with Crippen LogP contribution in [0.4, 0.5) is 13.2 Å². The van der Waals surface area contributed by atoms with Crippen LogP contribution < -0.4 is 10.5 Å². The second-order valence-corrected chi connectivity index (χ2v) is 3.43. The highest BCUT2D eigenvalue weighted by atomic mass is 19.3. The molecule has 1 rings (SSSR count). The number of benzene rings is 1. The van der Waals surface area contributed by atoms with E-state index in [2.05, 4.69) is 4.74 Å². The van der Waals surface area contributed by atoms with E-state index in [1.165, 1.54) is 19.2 Å². The van der Waals surface area contributed by atoms with Crippen molar-refractivity contribution in [1.82, 2.24) is 0 Å². The summed E-state index contributed by atoms with van der Waals surface area (Å²) in [6.07, 6.45) is -2.53. The zero-order valence-corrected chi connectivity index (χ0v) is 9.33. The molecule has 0 spiro atoms. The Bertz CT molecular complexity index is 361. The molecule has 2 N–H and O–H groups in total. The fourth-order valence-electron chi connectivity index (χ4n) is 1.29. The average Bonchev–Trinajstić information content (AvgIpc) is 2.28. The van der Waals surface area contributed by atoms with Crippen LogP contribution in [0, 0.1) is 5.82 Å². The van der Waals surface area contributed by atoms with E-state index in [0.717, 1.165) is 0 Å². The van der Waals surface area contributed by atoms with Crippen LogP contribution in [0.3, 0.4) is 0 Å². The molecule has 1 unspecified atom stereocenters. The zero-order valence-electron chi connectivity index (χ0n) is 9.33. The van der Waals surface area contributed by atoms with Gasteiger partial charge >= 0.3 is 0 Å². The molecule has 1 atom stereocenters. The summed E-state index contributed by atoms with van der Waals surface area (Å²) < 4.78 is 46.4. The summed E-state index contributed by atoms with van der Waals surface area (Å²) in [5.41, 5.74) is 6.13. The van der Waals surface area contributed by atoms with Gasteiger partial charge in [0.25, 0.3) is 6.43 Å². The van der Waals surface area contributed by atoms with Gasteiger partial charge in [-0.3, -0.25) is 0 Å². The molecule has 0 aliphatic rings. The summed E-state index contributed by atoms with van der Waals surface area (Å²) in [7, 11) is 1.35. The molecule has 0 heterocycles. The van der Waals surface area contributed by atoms with Gasteiger partial charge in [-0.05, 0) is 17.7 Å². The molecule has 0 amide bonds. The largest absolute Gasteiger partial charge is 0.494 e. The Morgan fingerprint density at radius 3 is 2.53 bits per heavy atom. The molecule has 1 aromatic rings. The Labute approximate surface area is 97.3 Å². The van der Waals surface area contributed by atoms with Gasteiger partial charge in [0.15, 0.2) is 11.6 Å². The molecule has 0 aliphatic carbocycles. The molecule has 0 fully saturated rings. The topological polar surface area (TPSA) is 44.5 Å². The highest BCUT2D eigenvalue weighted by Gasteiger charge is 2.11.